The fourth-order valence-electron chi connectivity index (χ4n) is 3.96. The number of rotatable bonds is 7. The summed E-state index contributed by atoms with van der Waals surface area (Å²) < 4.78 is 7.42. The van der Waals surface area contributed by atoms with Crippen molar-refractivity contribution in [2.75, 3.05) is 13.7 Å². The van der Waals surface area contributed by atoms with E-state index < -0.39 is 0 Å². The van der Waals surface area contributed by atoms with Gasteiger partial charge in [0.25, 0.3) is 0 Å². The third-order valence-corrected chi connectivity index (χ3v) is 5.57. The highest BCUT2D eigenvalue weighted by atomic mass is 16.5. The van der Waals surface area contributed by atoms with Crippen LogP contribution in [-0.4, -0.2) is 39.1 Å². The second-order valence-corrected chi connectivity index (χ2v) is 7.63. The van der Waals surface area contributed by atoms with Gasteiger partial charge in [-0.25, -0.2) is 4.98 Å². The van der Waals surface area contributed by atoms with E-state index in [-0.39, 0.29) is 12.5 Å². The second-order valence-electron chi connectivity index (χ2n) is 7.63. The Morgan fingerprint density at radius 1 is 1.12 bits per heavy atom. The second kappa shape index (κ2) is 8.55. The molecule has 0 spiro atoms. The van der Waals surface area contributed by atoms with Gasteiger partial charge in [-0.2, -0.15) is 0 Å². The molecule has 4 heterocycles. The number of aromatic nitrogens is 4. The molecule has 32 heavy (non-hydrogen) atoms. The highest BCUT2D eigenvalue weighted by molar-refractivity contribution is 5.99. The first-order valence-electron chi connectivity index (χ1n) is 10.5. The van der Waals surface area contributed by atoms with Gasteiger partial charge in [-0.1, -0.05) is 0 Å². The molecule has 2 N–H and O–H groups in total. The third-order valence-electron chi connectivity index (χ3n) is 5.57. The summed E-state index contributed by atoms with van der Waals surface area (Å²) in [5.41, 5.74) is 4.90. The molecule has 160 valence electrons. The molecule has 0 saturated heterocycles. The standard InChI is InChI=1S/C25H23N5O2/c1-32-19-4-5-23-20(14-19)21(22-13-18-3-2-9-28-25(18)29-22)15-30(23)16-24(31)27-12-8-17-6-10-26-11-7-17/h2-7,9-11,13-15H,8,12,16H2,1H3,(H,27,31)(H,28,29). The van der Waals surface area contributed by atoms with Crippen LogP contribution in [0.3, 0.4) is 0 Å². The lowest BCUT2D eigenvalue weighted by Gasteiger charge is -2.08. The van der Waals surface area contributed by atoms with Crippen molar-refractivity contribution in [3.8, 4) is 17.0 Å². The Morgan fingerprint density at radius 3 is 2.81 bits per heavy atom. The number of carbonyl (C=O) groups excluding carboxylic acids is 1. The van der Waals surface area contributed by atoms with Gasteiger partial charge < -0.3 is 19.6 Å². The van der Waals surface area contributed by atoms with Crippen molar-refractivity contribution in [2.45, 2.75) is 13.0 Å². The van der Waals surface area contributed by atoms with Crippen LogP contribution in [0.1, 0.15) is 5.56 Å². The van der Waals surface area contributed by atoms with E-state index in [0.29, 0.717) is 6.54 Å². The minimum Gasteiger partial charge on any atom is -0.497 e. The molecule has 5 aromatic rings. The Morgan fingerprint density at radius 2 is 2.00 bits per heavy atom. The van der Waals surface area contributed by atoms with Crippen LogP contribution in [0.25, 0.3) is 33.2 Å². The maximum absolute atomic E-state index is 12.7. The van der Waals surface area contributed by atoms with E-state index in [1.54, 1.807) is 25.7 Å². The van der Waals surface area contributed by atoms with Crippen LogP contribution >= 0.6 is 0 Å². The number of hydrogen-bond donors (Lipinski definition) is 2. The minimum absolute atomic E-state index is 0.0309. The molecule has 7 heteroatoms. The Labute approximate surface area is 185 Å². The van der Waals surface area contributed by atoms with Crippen molar-refractivity contribution in [1.29, 1.82) is 0 Å². The number of aromatic amines is 1. The topological polar surface area (TPSA) is 84.8 Å². The molecule has 0 saturated carbocycles. The first-order chi connectivity index (χ1) is 15.7. The van der Waals surface area contributed by atoms with Crippen molar-refractivity contribution in [3.05, 3.63) is 78.9 Å². The van der Waals surface area contributed by atoms with Crippen LogP contribution in [0.2, 0.25) is 0 Å². The summed E-state index contributed by atoms with van der Waals surface area (Å²) in [6.07, 6.45) is 8.07. The zero-order valence-corrected chi connectivity index (χ0v) is 17.7. The molecule has 1 aromatic carbocycles. The quantitative estimate of drug-likeness (QED) is 0.414. The maximum atomic E-state index is 12.7. The van der Waals surface area contributed by atoms with Crippen LogP contribution in [0, 0.1) is 0 Å². The van der Waals surface area contributed by atoms with Crippen molar-refractivity contribution in [2.24, 2.45) is 0 Å². The van der Waals surface area contributed by atoms with Gasteiger partial charge in [-0.15, -0.1) is 0 Å². The Kier molecular flexibility index (Phi) is 5.29. The summed E-state index contributed by atoms with van der Waals surface area (Å²) in [6, 6.07) is 15.8. The van der Waals surface area contributed by atoms with Crippen molar-refractivity contribution in [3.63, 3.8) is 0 Å². The number of nitrogens with one attached hydrogen (secondary N) is 2. The van der Waals surface area contributed by atoms with E-state index in [1.807, 2.05) is 53.2 Å². The van der Waals surface area contributed by atoms with Gasteiger partial charge in [-0.3, -0.25) is 9.78 Å². The van der Waals surface area contributed by atoms with Crippen molar-refractivity contribution in [1.82, 2.24) is 24.8 Å². The highest BCUT2D eigenvalue weighted by Crippen LogP contribution is 2.34. The summed E-state index contributed by atoms with van der Waals surface area (Å²) in [5, 5.41) is 5.07. The summed E-state index contributed by atoms with van der Waals surface area (Å²) >= 11 is 0. The summed E-state index contributed by atoms with van der Waals surface area (Å²) in [4.78, 5) is 24.5. The monoisotopic (exact) mass is 425 g/mol. The zero-order valence-electron chi connectivity index (χ0n) is 17.7. The molecule has 0 atom stereocenters. The van der Waals surface area contributed by atoms with E-state index in [2.05, 4.69) is 26.3 Å². The molecule has 0 fully saturated rings. The van der Waals surface area contributed by atoms with E-state index in [0.717, 1.165) is 50.9 Å². The number of hydrogen-bond acceptors (Lipinski definition) is 4. The number of benzene rings is 1. The molecule has 1 amide bonds. The van der Waals surface area contributed by atoms with E-state index in [9.17, 15) is 4.79 Å². The van der Waals surface area contributed by atoms with Gasteiger partial charge in [0.1, 0.15) is 17.9 Å². The fourth-order valence-corrected chi connectivity index (χ4v) is 3.96. The number of nitrogens with zero attached hydrogens (tertiary/aromatic N) is 3. The minimum atomic E-state index is -0.0309. The normalized spacial score (nSPS) is 11.2. The first-order valence-corrected chi connectivity index (χ1v) is 10.5. The molecular weight excluding hydrogens is 402 g/mol. The summed E-state index contributed by atoms with van der Waals surface area (Å²) in [5.74, 6) is 0.740. The fraction of sp³-hybridized carbons (Fsp3) is 0.160. The molecule has 4 aromatic heterocycles. The molecule has 0 aliphatic carbocycles. The average Bonchev–Trinajstić information content (AvgIpc) is 3.41. The van der Waals surface area contributed by atoms with Gasteiger partial charge >= 0.3 is 0 Å². The number of H-pyrrole nitrogens is 1. The molecule has 0 bridgehead atoms. The number of amides is 1. The largest absolute Gasteiger partial charge is 0.497 e. The van der Waals surface area contributed by atoms with Crippen molar-refractivity contribution < 1.29 is 9.53 Å². The number of fused-ring (bicyclic) bond motifs is 2. The Balaban J connectivity index is 1.42. The predicted molar refractivity (Wildman–Crippen MR) is 125 cm³/mol. The number of pyridine rings is 2. The van der Waals surface area contributed by atoms with Crippen LogP contribution < -0.4 is 10.1 Å². The number of carbonyl (C=O) groups is 1. The summed E-state index contributed by atoms with van der Waals surface area (Å²) in [7, 11) is 1.65. The maximum Gasteiger partial charge on any atom is 0.239 e. The lowest BCUT2D eigenvalue weighted by molar-refractivity contribution is -0.121. The predicted octanol–water partition coefficient (Wildman–Crippen LogP) is 3.95. The Bertz CT molecular complexity index is 1350. The molecule has 0 unspecified atom stereocenters. The van der Waals surface area contributed by atoms with E-state index >= 15 is 0 Å². The van der Waals surface area contributed by atoms with Crippen LogP contribution in [0.4, 0.5) is 0 Å². The van der Waals surface area contributed by atoms with Crippen LogP contribution in [0.15, 0.2) is 73.3 Å². The number of methoxy groups -OCH3 is 1. The first kappa shape index (κ1) is 19.8. The molecular formula is C25H23N5O2. The molecule has 5 rings (SSSR count). The average molecular weight is 425 g/mol. The Hall–Kier alpha value is -4.13. The van der Waals surface area contributed by atoms with Crippen LogP contribution in [0.5, 0.6) is 5.75 Å². The van der Waals surface area contributed by atoms with Gasteiger partial charge in [-0.05, 0) is 60.5 Å². The lowest BCUT2D eigenvalue weighted by atomic mass is 10.1. The lowest BCUT2D eigenvalue weighted by Crippen LogP contribution is -2.29. The van der Waals surface area contributed by atoms with Gasteiger partial charge in [0, 0.05) is 58.9 Å². The summed E-state index contributed by atoms with van der Waals surface area (Å²) in [6.45, 7) is 0.814. The molecule has 7 nitrogen and oxygen atoms in total. The number of ether oxygens (including phenoxy) is 1. The smallest absolute Gasteiger partial charge is 0.239 e. The van der Waals surface area contributed by atoms with E-state index in [4.69, 9.17) is 4.74 Å². The highest BCUT2D eigenvalue weighted by Gasteiger charge is 2.15. The van der Waals surface area contributed by atoms with Gasteiger partial charge in [0.2, 0.25) is 5.91 Å². The van der Waals surface area contributed by atoms with Crippen LogP contribution in [-0.2, 0) is 17.8 Å². The SMILES string of the molecule is COc1ccc2c(c1)c(-c1cc3cccnc3[nH]1)cn2CC(=O)NCCc1ccncc1. The van der Waals surface area contributed by atoms with Gasteiger partial charge in [0.05, 0.1) is 7.11 Å². The molecule has 0 aliphatic rings. The third kappa shape index (κ3) is 3.92. The van der Waals surface area contributed by atoms with Gasteiger partial charge in [0.15, 0.2) is 0 Å². The van der Waals surface area contributed by atoms with E-state index in [1.165, 1.54) is 0 Å². The van der Waals surface area contributed by atoms with Crippen molar-refractivity contribution >= 4 is 27.8 Å². The molecule has 0 radical (unpaired) electrons. The zero-order chi connectivity index (χ0) is 21.9. The molecule has 0 aliphatic heterocycles.